The minimum atomic E-state index is -0.991. The van der Waals surface area contributed by atoms with Gasteiger partial charge in [-0.05, 0) is 36.2 Å². The summed E-state index contributed by atoms with van der Waals surface area (Å²) in [4.78, 5) is 0. The van der Waals surface area contributed by atoms with Gasteiger partial charge in [-0.2, -0.15) is 0 Å². The highest BCUT2D eigenvalue weighted by Crippen LogP contribution is 2.27. The van der Waals surface area contributed by atoms with E-state index in [9.17, 15) is 9.50 Å². The molecule has 0 spiro atoms. The van der Waals surface area contributed by atoms with Gasteiger partial charge in [-0.1, -0.05) is 44.0 Å². The van der Waals surface area contributed by atoms with Crippen molar-refractivity contribution in [2.45, 2.75) is 12.5 Å². The highest BCUT2D eigenvalue weighted by molar-refractivity contribution is 9.10. The Morgan fingerprint density at radius 1 is 1.14 bits per heavy atom. The van der Waals surface area contributed by atoms with Crippen molar-refractivity contribution in [1.29, 1.82) is 0 Å². The quantitative estimate of drug-likeness (QED) is 0.538. The molecule has 21 heavy (non-hydrogen) atoms. The molecule has 0 fully saturated rings. The fourth-order valence-corrected chi connectivity index (χ4v) is 2.38. The van der Waals surface area contributed by atoms with Gasteiger partial charge in [-0.25, -0.2) is 4.39 Å². The van der Waals surface area contributed by atoms with Gasteiger partial charge in [0.05, 0.1) is 6.61 Å². The van der Waals surface area contributed by atoms with Crippen molar-refractivity contribution in [1.82, 2.24) is 0 Å². The fourth-order valence-electron chi connectivity index (χ4n) is 1.89. The van der Waals surface area contributed by atoms with E-state index in [0.29, 0.717) is 17.9 Å². The molecule has 0 heterocycles. The van der Waals surface area contributed by atoms with Gasteiger partial charge in [0.25, 0.3) is 0 Å². The molecule has 1 N–H and O–H groups in total. The van der Waals surface area contributed by atoms with Crippen LogP contribution in [0, 0.1) is 5.82 Å². The van der Waals surface area contributed by atoms with Gasteiger partial charge >= 0.3 is 0 Å². The summed E-state index contributed by atoms with van der Waals surface area (Å²) in [5.74, 6) is 0.00182. The Morgan fingerprint density at radius 3 is 2.48 bits per heavy atom. The highest BCUT2D eigenvalue weighted by Gasteiger charge is 2.15. The molecule has 0 saturated carbocycles. The van der Waals surface area contributed by atoms with Crippen LogP contribution < -0.4 is 4.74 Å². The molecule has 2 aromatic carbocycles. The van der Waals surface area contributed by atoms with Crippen molar-refractivity contribution < 1.29 is 14.2 Å². The third-order valence-electron chi connectivity index (χ3n) is 3.00. The molecular weight excluding hydrogens is 403 g/mol. The van der Waals surface area contributed by atoms with Crippen LogP contribution >= 0.6 is 31.9 Å². The number of hydrogen-bond acceptors (Lipinski definition) is 2. The van der Waals surface area contributed by atoms with Crippen LogP contribution in [0.15, 0.2) is 46.9 Å². The Morgan fingerprint density at radius 2 is 1.86 bits per heavy atom. The Labute approximate surface area is 140 Å². The number of halogens is 3. The van der Waals surface area contributed by atoms with Gasteiger partial charge < -0.3 is 9.84 Å². The summed E-state index contributed by atoms with van der Waals surface area (Å²) in [6.45, 7) is 0.527. The zero-order chi connectivity index (χ0) is 15.2. The SMILES string of the molecule is OC(c1ccc(Br)cc1)c1ccc(OCCCBr)cc1F. The van der Waals surface area contributed by atoms with E-state index in [-0.39, 0.29) is 5.56 Å². The minimum absolute atomic E-state index is 0.241. The second kappa shape index (κ2) is 7.92. The van der Waals surface area contributed by atoms with E-state index in [1.54, 1.807) is 24.3 Å². The van der Waals surface area contributed by atoms with E-state index < -0.39 is 11.9 Å². The molecule has 1 atom stereocenters. The summed E-state index contributed by atoms with van der Waals surface area (Å²) in [6.07, 6.45) is -0.139. The second-order valence-corrected chi connectivity index (χ2v) is 6.24. The number of hydrogen-bond donors (Lipinski definition) is 1. The fraction of sp³-hybridized carbons (Fsp3) is 0.250. The lowest BCUT2D eigenvalue weighted by Gasteiger charge is -2.14. The van der Waals surface area contributed by atoms with Crippen LogP contribution in [-0.4, -0.2) is 17.0 Å². The summed E-state index contributed by atoms with van der Waals surface area (Å²) in [6, 6.07) is 11.7. The summed E-state index contributed by atoms with van der Waals surface area (Å²) < 4.78 is 20.5. The van der Waals surface area contributed by atoms with E-state index in [2.05, 4.69) is 31.9 Å². The maximum Gasteiger partial charge on any atom is 0.133 e. The number of aliphatic hydroxyl groups excluding tert-OH is 1. The number of ether oxygens (including phenoxy) is 1. The van der Waals surface area contributed by atoms with Crippen LogP contribution in [0.5, 0.6) is 5.75 Å². The molecule has 1 unspecified atom stereocenters. The second-order valence-electron chi connectivity index (χ2n) is 4.53. The average molecular weight is 418 g/mol. The van der Waals surface area contributed by atoms with Gasteiger partial charge in [0, 0.05) is 21.4 Å². The van der Waals surface area contributed by atoms with E-state index in [0.717, 1.165) is 16.2 Å². The molecule has 0 amide bonds. The highest BCUT2D eigenvalue weighted by atomic mass is 79.9. The van der Waals surface area contributed by atoms with Crippen LogP contribution in [0.4, 0.5) is 4.39 Å². The third-order valence-corrected chi connectivity index (χ3v) is 4.09. The van der Waals surface area contributed by atoms with Crippen molar-refractivity contribution in [2.24, 2.45) is 0 Å². The lowest BCUT2D eigenvalue weighted by Crippen LogP contribution is -2.04. The first-order chi connectivity index (χ1) is 10.1. The number of rotatable bonds is 6. The van der Waals surface area contributed by atoms with Gasteiger partial charge in [0.2, 0.25) is 0 Å². The molecule has 0 aliphatic heterocycles. The first-order valence-corrected chi connectivity index (χ1v) is 8.45. The Balaban J connectivity index is 2.14. The largest absolute Gasteiger partial charge is 0.493 e. The van der Waals surface area contributed by atoms with Crippen LogP contribution in [0.3, 0.4) is 0 Å². The maximum atomic E-state index is 14.1. The van der Waals surface area contributed by atoms with Crippen LogP contribution in [0.1, 0.15) is 23.7 Å². The molecule has 0 aromatic heterocycles. The molecule has 2 aromatic rings. The predicted molar refractivity (Wildman–Crippen MR) is 88.5 cm³/mol. The van der Waals surface area contributed by atoms with E-state index >= 15 is 0 Å². The first-order valence-electron chi connectivity index (χ1n) is 6.53. The summed E-state index contributed by atoms with van der Waals surface area (Å²) in [5.41, 5.74) is 0.884. The topological polar surface area (TPSA) is 29.5 Å². The molecule has 112 valence electrons. The standard InChI is InChI=1S/C16H15Br2FO2/c17-8-1-9-21-13-6-7-14(15(19)10-13)16(20)11-2-4-12(18)5-3-11/h2-7,10,16,20H,1,8-9H2. The first kappa shape index (κ1) is 16.5. The van der Waals surface area contributed by atoms with Gasteiger partial charge in [0.15, 0.2) is 0 Å². The molecule has 0 bridgehead atoms. The molecule has 0 saturated heterocycles. The van der Waals surface area contributed by atoms with Crippen molar-refractivity contribution >= 4 is 31.9 Å². The Bertz CT molecular complexity index is 587. The van der Waals surface area contributed by atoms with Crippen molar-refractivity contribution in [2.75, 3.05) is 11.9 Å². The summed E-state index contributed by atoms with van der Waals surface area (Å²) in [7, 11) is 0. The molecular formula is C16H15Br2FO2. The zero-order valence-corrected chi connectivity index (χ0v) is 14.4. The predicted octanol–water partition coefficient (Wildman–Crippen LogP) is 4.83. The lowest BCUT2D eigenvalue weighted by atomic mass is 10.0. The molecule has 2 nitrogen and oxygen atoms in total. The van der Waals surface area contributed by atoms with E-state index in [1.165, 1.54) is 6.07 Å². The van der Waals surface area contributed by atoms with Crippen LogP contribution in [-0.2, 0) is 0 Å². The van der Waals surface area contributed by atoms with Gasteiger partial charge in [0.1, 0.15) is 17.7 Å². The van der Waals surface area contributed by atoms with Gasteiger partial charge in [-0.3, -0.25) is 0 Å². The summed E-state index contributed by atoms with van der Waals surface area (Å²) in [5, 5.41) is 11.1. The molecule has 5 heteroatoms. The maximum absolute atomic E-state index is 14.1. The molecule has 2 rings (SSSR count). The van der Waals surface area contributed by atoms with E-state index in [4.69, 9.17) is 4.74 Å². The minimum Gasteiger partial charge on any atom is -0.493 e. The Kier molecular flexibility index (Phi) is 6.21. The number of benzene rings is 2. The van der Waals surface area contributed by atoms with Crippen molar-refractivity contribution in [3.8, 4) is 5.75 Å². The normalized spacial score (nSPS) is 12.2. The Hall–Kier alpha value is -0.910. The monoisotopic (exact) mass is 416 g/mol. The van der Waals surface area contributed by atoms with Crippen molar-refractivity contribution in [3.05, 3.63) is 63.9 Å². The molecule has 0 aliphatic carbocycles. The smallest absolute Gasteiger partial charge is 0.133 e. The third kappa shape index (κ3) is 4.53. The lowest BCUT2D eigenvalue weighted by molar-refractivity contribution is 0.214. The van der Waals surface area contributed by atoms with Crippen molar-refractivity contribution in [3.63, 3.8) is 0 Å². The van der Waals surface area contributed by atoms with Crippen LogP contribution in [0.2, 0.25) is 0 Å². The van der Waals surface area contributed by atoms with Gasteiger partial charge in [-0.15, -0.1) is 0 Å². The summed E-state index contributed by atoms with van der Waals surface area (Å²) >= 11 is 6.64. The number of aliphatic hydroxyl groups is 1. The number of alkyl halides is 1. The molecule has 0 aliphatic rings. The van der Waals surface area contributed by atoms with Crippen LogP contribution in [0.25, 0.3) is 0 Å². The zero-order valence-electron chi connectivity index (χ0n) is 11.2. The average Bonchev–Trinajstić information content (AvgIpc) is 2.48. The van der Waals surface area contributed by atoms with E-state index in [1.807, 2.05) is 12.1 Å². The molecule has 0 radical (unpaired) electrons.